The van der Waals surface area contributed by atoms with Crippen LogP contribution in [-0.4, -0.2) is 29.7 Å². The molecule has 1 saturated heterocycles. The summed E-state index contributed by atoms with van der Waals surface area (Å²) in [6, 6.07) is 3.85. The molecule has 0 aliphatic carbocycles. The van der Waals surface area contributed by atoms with Crippen LogP contribution in [0.1, 0.15) is 10.5 Å². The summed E-state index contributed by atoms with van der Waals surface area (Å²) in [7, 11) is 1.85. The minimum atomic E-state index is -0.0270. The molecule has 13 heavy (non-hydrogen) atoms. The van der Waals surface area contributed by atoms with Crippen LogP contribution in [0.15, 0.2) is 18.3 Å². The van der Waals surface area contributed by atoms with Gasteiger partial charge in [0.25, 0.3) is 5.91 Å². The molecule has 4 heteroatoms. The predicted molar refractivity (Wildman–Crippen MR) is 47.5 cm³/mol. The third-order valence-electron chi connectivity index (χ3n) is 2.15. The van der Waals surface area contributed by atoms with Gasteiger partial charge >= 0.3 is 0 Å². The van der Waals surface area contributed by atoms with Gasteiger partial charge in [0.15, 0.2) is 0 Å². The molecule has 0 aromatic carbocycles. The number of carbonyl (C=O) groups excluding carboxylic acids is 1. The summed E-state index contributed by atoms with van der Waals surface area (Å²) in [5.74, 6) is -0.0270. The van der Waals surface area contributed by atoms with E-state index >= 15 is 0 Å². The van der Waals surface area contributed by atoms with Gasteiger partial charge in [0.05, 0.1) is 19.3 Å². The van der Waals surface area contributed by atoms with Crippen molar-refractivity contribution in [2.24, 2.45) is 7.05 Å². The van der Waals surface area contributed by atoms with E-state index in [1.807, 2.05) is 19.3 Å². The van der Waals surface area contributed by atoms with E-state index in [1.54, 1.807) is 10.6 Å². The molecule has 1 amide bonds. The van der Waals surface area contributed by atoms with Gasteiger partial charge < -0.3 is 14.6 Å². The van der Waals surface area contributed by atoms with Crippen LogP contribution in [0.3, 0.4) is 0 Å². The van der Waals surface area contributed by atoms with E-state index in [4.69, 9.17) is 4.74 Å². The normalized spacial score (nSPS) is 16.7. The molecule has 70 valence electrons. The largest absolute Gasteiger partial charge is 0.377 e. The number of hydrogen-bond donors (Lipinski definition) is 1. The molecule has 0 spiro atoms. The van der Waals surface area contributed by atoms with Crippen LogP contribution in [0, 0.1) is 0 Å². The highest BCUT2D eigenvalue weighted by Crippen LogP contribution is 2.03. The van der Waals surface area contributed by atoms with E-state index in [-0.39, 0.29) is 11.9 Å². The highest BCUT2D eigenvalue weighted by molar-refractivity contribution is 5.92. The molecule has 1 N–H and O–H groups in total. The first-order chi connectivity index (χ1) is 6.27. The number of aromatic nitrogens is 1. The smallest absolute Gasteiger partial charge is 0.268 e. The molecule has 0 saturated carbocycles. The topological polar surface area (TPSA) is 43.3 Å². The number of carbonyl (C=O) groups is 1. The summed E-state index contributed by atoms with van der Waals surface area (Å²) in [5.41, 5.74) is 0.687. The molecule has 2 heterocycles. The van der Waals surface area contributed by atoms with Crippen LogP contribution in [0.5, 0.6) is 0 Å². The Hall–Kier alpha value is -1.29. The average Bonchev–Trinajstić information content (AvgIpc) is 2.43. The van der Waals surface area contributed by atoms with Crippen LogP contribution in [0.4, 0.5) is 0 Å². The van der Waals surface area contributed by atoms with Crippen LogP contribution in [0.25, 0.3) is 0 Å². The van der Waals surface area contributed by atoms with Crippen molar-refractivity contribution in [2.45, 2.75) is 6.04 Å². The van der Waals surface area contributed by atoms with Crippen molar-refractivity contribution in [3.8, 4) is 0 Å². The maximum atomic E-state index is 11.5. The van der Waals surface area contributed by atoms with Crippen molar-refractivity contribution in [2.75, 3.05) is 13.2 Å². The predicted octanol–water partition coefficient (Wildman–Crippen LogP) is 0.154. The Morgan fingerprint density at radius 3 is 2.92 bits per heavy atom. The Morgan fingerprint density at radius 1 is 1.69 bits per heavy atom. The van der Waals surface area contributed by atoms with E-state index in [0.29, 0.717) is 18.9 Å². The Balaban J connectivity index is 2.00. The van der Waals surface area contributed by atoms with Crippen LogP contribution in [0.2, 0.25) is 0 Å². The van der Waals surface area contributed by atoms with E-state index in [9.17, 15) is 4.79 Å². The molecule has 0 radical (unpaired) electrons. The monoisotopic (exact) mass is 180 g/mol. The Bertz CT molecular complexity index is 315. The molecular formula is C9H12N2O2. The molecule has 0 atom stereocenters. The van der Waals surface area contributed by atoms with Crippen LogP contribution < -0.4 is 5.32 Å². The number of hydrogen-bond acceptors (Lipinski definition) is 2. The lowest BCUT2D eigenvalue weighted by molar-refractivity contribution is -0.00360. The van der Waals surface area contributed by atoms with E-state index in [0.717, 1.165) is 0 Å². The molecule has 1 aliphatic heterocycles. The van der Waals surface area contributed by atoms with Gasteiger partial charge in [-0.3, -0.25) is 4.79 Å². The third-order valence-corrected chi connectivity index (χ3v) is 2.15. The molecule has 1 aromatic heterocycles. The standard InChI is InChI=1S/C9H12N2O2/c1-11-4-2-3-8(11)9(12)10-7-5-13-6-7/h2-4,7H,5-6H2,1H3,(H,10,12). The lowest BCUT2D eigenvalue weighted by Crippen LogP contribution is -2.48. The minimum absolute atomic E-state index is 0.0270. The van der Waals surface area contributed by atoms with Gasteiger partial charge in [-0.2, -0.15) is 0 Å². The van der Waals surface area contributed by atoms with Gasteiger partial charge in [-0.1, -0.05) is 0 Å². The fraction of sp³-hybridized carbons (Fsp3) is 0.444. The number of nitrogens with one attached hydrogen (secondary N) is 1. The zero-order valence-electron chi connectivity index (χ0n) is 7.49. The minimum Gasteiger partial charge on any atom is -0.377 e. The zero-order chi connectivity index (χ0) is 9.26. The number of ether oxygens (including phenoxy) is 1. The van der Waals surface area contributed by atoms with E-state index < -0.39 is 0 Å². The molecule has 1 aromatic rings. The fourth-order valence-electron chi connectivity index (χ4n) is 1.28. The first-order valence-corrected chi connectivity index (χ1v) is 4.27. The number of aryl methyl sites for hydroxylation is 1. The summed E-state index contributed by atoms with van der Waals surface area (Å²) in [6.45, 7) is 1.27. The molecule has 4 nitrogen and oxygen atoms in total. The molecular weight excluding hydrogens is 168 g/mol. The lowest BCUT2D eigenvalue weighted by Gasteiger charge is -2.26. The second kappa shape index (κ2) is 3.22. The quantitative estimate of drug-likeness (QED) is 0.704. The lowest BCUT2D eigenvalue weighted by atomic mass is 10.2. The summed E-state index contributed by atoms with van der Waals surface area (Å²) in [5, 5.41) is 2.87. The van der Waals surface area contributed by atoms with Crippen molar-refractivity contribution in [1.29, 1.82) is 0 Å². The highest BCUT2D eigenvalue weighted by atomic mass is 16.5. The highest BCUT2D eigenvalue weighted by Gasteiger charge is 2.21. The molecule has 1 fully saturated rings. The van der Waals surface area contributed by atoms with Crippen LogP contribution in [-0.2, 0) is 11.8 Å². The number of amides is 1. The van der Waals surface area contributed by atoms with Gasteiger partial charge in [0.2, 0.25) is 0 Å². The van der Waals surface area contributed by atoms with E-state index in [2.05, 4.69) is 5.32 Å². The van der Waals surface area contributed by atoms with E-state index in [1.165, 1.54) is 0 Å². The first-order valence-electron chi connectivity index (χ1n) is 4.27. The Kier molecular flexibility index (Phi) is 2.06. The SMILES string of the molecule is Cn1cccc1C(=O)NC1COC1. The van der Waals surface area contributed by atoms with Gasteiger partial charge in [0, 0.05) is 13.2 Å². The summed E-state index contributed by atoms with van der Waals surface area (Å²) in [6.07, 6.45) is 1.85. The molecule has 1 aliphatic rings. The fourth-order valence-corrected chi connectivity index (χ4v) is 1.28. The first kappa shape index (κ1) is 8.31. The van der Waals surface area contributed by atoms with Crippen LogP contribution >= 0.6 is 0 Å². The van der Waals surface area contributed by atoms with Crippen molar-refractivity contribution in [3.63, 3.8) is 0 Å². The maximum Gasteiger partial charge on any atom is 0.268 e. The second-order valence-electron chi connectivity index (χ2n) is 3.21. The van der Waals surface area contributed by atoms with Crippen molar-refractivity contribution in [3.05, 3.63) is 24.0 Å². The average molecular weight is 180 g/mol. The number of rotatable bonds is 2. The van der Waals surface area contributed by atoms with Crippen molar-refractivity contribution >= 4 is 5.91 Å². The summed E-state index contributed by atoms with van der Waals surface area (Å²) < 4.78 is 6.76. The molecule has 2 rings (SSSR count). The van der Waals surface area contributed by atoms with Crippen molar-refractivity contribution < 1.29 is 9.53 Å². The Labute approximate surface area is 76.5 Å². The van der Waals surface area contributed by atoms with Gasteiger partial charge in [-0.05, 0) is 12.1 Å². The zero-order valence-corrected chi connectivity index (χ0v) is 7.49. The summed E-state index contributed by atoms with van der Waals surface area (Å²) >= 11 is 0. The van der Waals surface area contributed by atoms with Crippen molar-refractivity contribution in [1.82, 2.24) is 9.88 Å². The third kappa shape index (κ3) is 1.58. The molecule has 0 unspecified atom stereocenters. The molecule has 0 bridgehead atoms. The second-order valence-corrected chi connectivity index (χ2v) is 3.21. The van der Waals surface area contributed by atoms with Gasteiger partial charge in [-0.15, -0.1) is 0 Å². The maximum absolute atomic E-state index is 11.5. The summed E-state index contributed by atoms with van der Waals surface area (Å²) in [4.78, 5) is 11.5. The van der Waals surface area contributed by atoms with Gasteiger partial charge in [0.1, 0.15) is 5.69 Å². The number of nitrogens with zero attached hydrogens (tertiary/aromatic N) is 1. The Morgan fingerprint density at radius 2 is 2.46 bits per heavy atom. The van der Waals surface area contributed by atoms with Gasteiger partial charge in [-0.25, -0.2) is 0 Å².